The number of ether oxygens (including phenoxy) is 2. The molecule has 1 saturated heterocycles. The van der Waals surface area contributed by atoms with Crippen LogP contribution in [-0.4, -0.2) is 56.5 Å². The van der Waals surface area contributed by atoms with E-state index in [-0.39, 0.29) is 0 Å². The molecule has 90 valence electrons. The molecule has 1 aliphatic heterocycles. The van der Waals surface area contributed by atoms with Crippen LogP contribution in [0.25, 0.3) is 0 Å². The molecule has 0 amide bonds. The third-order valence-electron chi connectivity index (χ3n) is 2.67. The minimum atomic E-state index is 0.346. The van der Waals surface area contributed by atoms with Gasteiger partial charge >= 0.3 is 0 Å². The van der Waals surface area contributed by atoms with Crippen LogP contribution in [-0.2, 0) is 9.47 Å². The molecule has 0 aromatic heterocycles. The molecule has 2 N–H and O–H groups in total. The summed E-state index contributed by atoms with van der Waals surface area (Å²) in [5, 5.41) is 0. The zero-order valence-electron chi connectivity index (χ0n) is 9.95. The lowest BCUT2D eigenvalue weighted by Crippen LogP contribution is -2.47. The van der Waals surface area contributed by atoms with Gasteiger partial charge in [-0.05, 0) is 13.3 Å². The number of morpholine rings is 1. The molecular formula is C11H24N2O2. The topological polar surface area (TPSA) is 47.7 Å². The third kappa shape index (κ3) is 4.93. The Bertz CT molecular complexity index is 167. The highest BCUT2D eigenvalue weighted by atomic mass is 16.5. The van der Waals surface area contributed by atoms with Gasteiger partial charge in [0.2, 0.25) is 0 Å². The van der Waals surface area contributed by atoms with Crippen LogP contribution < -0.4 is 5.73 Å². The summed E-state index contributed by atoms with van der Waals surface area (Å²) in [4.78, 5) is 2.42. The summed E-state index contributed by atoms with van der Waals surface area (Å²) in [6.45, 7) is 9.40. The summed E-state index contributed by atoms with van der Waals surface area (Å²) in [6, 6.07) is 0. The van der Waals surface area contributed by atoms with Crippen molar-refractivity contribution in [1.29, 1.82) is 0 Å². The van der Waals surface area contributed by atoms with Gasteiger partial charge in [-0.15, -0.1) is 0 Å². The van der Waals surface area contributed by atoms with Crippen molar-refractivity contribution in [3.05, 3.63) is 0 Å². The van der Waals surface area contributed by atoms with E-state index in [4.69, 9.17) is 15.2 Å². The second kappa shape index (κ2) is 7.17. The highest BCUT2D eigenvalue weighted by Gasteiger charge is 2.23. The van der Waals surface area contributed by atoms with Gasteiger partial charge < -0.3 is 15.2 Å². The molecule has 0 radical (unpaired) electrons. The van der Waals surface area contributed by atoms with Crippen LogP contribution in [0.4, 0.5) is 0 Å². The maximum absolute atomic E-state index is 5.79. The van der Waals surface area contributed by atoms with Crippen LogP contribution in [0.5, 0.6) is 0 Å². The molecule has 1 aliphatic rings. The summed E-state index contributed by atoms with van der Waals surface area (Å²) in [5.74, 6) is 0. The number of hydrogen-bond donors (Lipinski definition) is 1. The van der Waals surface area contributed by atoms with E-state index >= 15 is 0 Å². The first-order valence-corrected chi connectivity index (χ1v) is 5.91. The molecular weight excluding hydrogens is 192 g/mol. The lowest BCUT2D eigenvalue weighted by molar-refractivity contribution is -0.0820. The normalized spacial score (nSPS) is 28.2. The molecule has 0 aromatic rings. The van der Waals surface area contributed by atoms with Gasteiger partial charge in [-0.3, -0.25) is 4.90 Å². The molecule has 0 saturated carbocycles. The van der Waals surface area contributed by atoms with Gasteiger partial charge in [0.05, 0.1) is 25.4 Å². The third-order valence-corrected chi connectivity index (χ3v) is 2.67. The average Bonchev–Trinajstić information content (AvgIpc) is 2.23. The number of nitrogens with two attached hydrogens (primary N) is 1. The Morgan fingerprint density at radius 1 is 1.40 bits per heavy atom. The lowest BCUT2D eigenvalue weighted by Gasteiger charge is -2.36. The van der Waals surface area contributed by atoms with E-state index < -0.39 is 0 Å². The average molecular weight is 216 g/mol. The zero-order valence-corrected chi connectivity index (χ0v) is 9.95. The van der Waals surface area contributed by atoms with Crippen molar-refractivity contribution in [2.75, 3.05) is 39.4 Å². The molecule has 1 rings (SSSR count). The molecule has 0 aromatic carbocycles. The van der Waals surface area contributed by atoms with Gasteiger partial charge in [-0.25, -0.2) is 0 Å². The van der Waals surface area contributed by atoms with Gasteiger partial charge in [0, 0.05) is 26.2 Å². The summed E-state index contributed by atoms with van der Waals surface area (Å²) in [7, 11) is 0. The van der Waals surface area contributed by atoms with Crippen molar-refractivity contribution >= 4 is 0 Å². The molecule has 4 heteroatoms. The summed E-state index contributed by atoms with van der Waals surface area (Å²) in [6.07, 6.45) is 1.83. The number of nitrogens with zero attached hydrogens (tertiary/aromatic N) is 1. The number of rotatable bonds is 6. The zero-order chi connectivity index (χ0) is 11.1. The van der Waals surface area contributed by atoms with Crippen LogP contribution in [0.3, 0.4) is 0 Å². The fraction of sp³-hybridized carbons (Fsp3) is 1.00. The quantitative estimate of drug-likeness (QED) is 0.655. The van der Waals surface area contributed by atoms with E-state index in [9.17, 15) is 0 Å². The van der Waals surface area contributed by atoms with Gasteiger partial charge in [0.15, 0.2) is 0 Å². The molecule has 0 bridgehead atoms. The van der Waals surface area contributed by atoms with Gasteiger partial charge in [0.25, 0.3) is 0 Å². The van der Waals surface area contributed by atoms with E-state index in [1.54, 1.807) is 0 Å². The van der Waals surface area contributed by atoms with Gasteiger partial charge in [-0.2, -0.15) is 0 Å². The van der Waals surface area contributed by atoms with Crippen LogP contribution in [0.15, 0.2) is 0 Å². The highest BCUT2D eigenvalue weighted by Crippen LogP contribution is 2.12. The van der Waals surface area contributed by atoms with E-state index in [2.05, 4.69) is 18.7 Å². The second-order valence-corrected chi connectivity index (χ2v) is 4.14. The largest absolute Gasteiger partial charge is 0.379 e. The second-order valence-electron chi connectivity index (χ2n) is 4.14. The monoisotopic (exact) mass is 216 g/mol. The van der Waals surface area contributed by atoms with E-state index in [0.29, 0.717) is 25.4 Å². The Hall–Kier alpha value is -0.160. The predicted molar refractivity (Wildman–Crippen MR) is 60.9 cm³/mol. The first-order chi connectivity index (χ1) is 7.26. The van der Waals surface area contributed by atoms with Crippen LogP contribution in [0.2, 0.25) is 0 Å². The van der Waals surface area contributed by atoms with Crippen LogP contribution in [0.1, 0.15) is 20.3 Å². The molecule has 1 fully saturated rings. The molecule has 15 heavy (non-hydrogen) atoms. The Kier molecular flexibility index (Phi) is 6.17. The van der Waals surface area contributed by atoms with Crippen LogP contribution in [0, 0.1) is 0 Å². The fourth-order valence-corrected chi connectivity index (χ4v) is 1.93. The van der Waals surface area contributed by atoms with Crippen molar-refractivity contribution < 1.29 is 9.47 Å². The molecule has 4 nitrogen and oxygen atoms in total. The first kappa shape index (κ1) is 12.9. The molecule has 2 atom stereocenters. The summed E-state index contributed by atoms with van der Waals surface area (Å²) >= 11 is 0. The fourth-order valence-electron chi connectivity index (χ4n) is 1.93. The Balaban J connectivity index is 2.16. The van der Waals surface area contributed by atoms with E-state index in [1.165, 1.54) is 0 Å². The Morgan fingerprint density at radius 3 is 2.87 bits per heavy atom. The SMILES string of the molecule is CCC1CN(CCOCCN)CC(C)O1. The molecule has 0 spiro atoms. The standard InChI is InChI=1S/C11H24N2O2/c1-3-11-9-13(8-10(2)15-11)5-7-14-6-4-12/h10-11H,3-9,12H2,1-2H3. The minimum absolute atomic E-state index is 0.346. The van der Waals surface area contributed by atoms with Crippen LogP contribution >= 0.6 is 0 Å². The van der Waals surface area contributed by atoms with Crippen molar-refractivity contribution in [2.45, 2.75) is 32.5 Å². The first-order valence-electron chi connectivity index (χ1n) is 5.91. The maximum atomic E-state index is 5.79. The predicted octanol–water partition coefficient (Wildman–Crippen LogP) is 0.461. The Morgan fingerprint density at radius 2 is 2.20 bits per heavy atom. The van der Waals surface area contributed by atoms with Crippen molar-refractivity contribution in [3.63, 3.8) is 0 Å². The molecule has 2 unspecified atom stereocenters. The smallest absolute Gasteiger partial charge is 0.0703 e. The summed E-state index contributed by atoms with van der Waals surface area (Å²) < 4.78 is 11.2. The van der Waals surface area contributed by atoms with E-state index in [1.807, 2.05) is 0 Å². The molecule has 1 heterocycles. The summed E-state index contributed by atoms with van der Waals surface area (Å²) in [5.41, 5.74) is 5.35. The molecule has 0 aliphatic carbocycles. The van der Waals surface area contributed by atoms with Crippen molar-refractivity contribution in [3.8, 4) is 0 Å². The van der Waals surface area contributed by atoms with Gasteiger partial charge in [0.1, 0.15) is 0 Å². The van der Waals surface area contributed by atoms with Crippen molar-refractivity contribution in [1.82, 2.24) is 4.90 Å². The van der Waals surface area contributed by atoms with Crippen molar-refractivity contribution in [2.24, 2.45) is 5.73 Å². The Labute approximate surface area is 92.7 Å². The highest BCUT2D eigenvalue weighted by molar-refractivity contribution is 4.74. The number of hydrogen-bond acceptors (Lipinski definition) is 4. The maximum Gasteiger partial charge on any atom is 0.0703 e. The van der Waals surface area contributed by atoms with E-state index in [0.717, 1.165) is 32.7 Å². The van der Waals surface area contributed by atoms with Gasteiger partial charge in [-0.1, -0.05) is 6.92 Å². The lowest BCUT2D eigenvalue weighted by atomic mass is 10.2. The minimum Gasteiger partial charge on any atom is -0.379 e.